The van der Waals surface area contributed by atoms with E-state index in [1.165, 1.54) is 44.9 Å². The Morgan fingerprint density at radius 3 is 2.61 bits per heavy atom. The Labute approximate surface area is 111 Å². The van der Waals surface area contributed by atoms with Crippen LogP contribution in [0.15, 0.2) is 0 Å². The summed E-state index contributed by atoms with van der Waals surface area (Å²) in [4.78, 5) is 14.4. The smallest absolute Gasteiger partial charge is 0.222 e. The second-order valence-corrected chi connectivity index (χ2v) is 6.05. The first-order chi connectivity index (χ1) is 8.77. The van der Waals surface area contributed by atoms with E-state index in [0.717, 1.165) is 25.9 Å². The van der Waals surface area contributed by atoms with Crippen LogP contribution in [-0.4, -0.2) is 37.0 Å². The lowest BCUT2D eigenvalue weighted by molar-refractivity contribution is -0.133. The van der Waals surface area contributed by atoms with Gasteiger partial charge in [-0.25, -0.2) is 0 Å². The summed E-state index contributed by atoms with van der Waals surface area (Å²) in [5.74, 6) is 1.05. The molecular weight excluding hydrogens is 224 g/mol. The van der Waals surface area contributed by atoms with Gasteiger partial charge in [0.2, 0.25) is 5.91 Å². The maximum atomic E-state index is 12.3. The van der Waals surface area contributed by atoms with Crippen LogP contribution < -0.4 is 5.32 Å². The van der Waals surface area contributed by atoms with E-state index in [9.17, 15) is 4.79 Å². The molecule has 2 rings (SSSR count). The molecule has 18 heavy (non-hydrogen) atoms. The number of nitrogens with one attached hydrogen (secondary N) is 1. The van der Waals surface area contributed by atoms with E-state index < -0.39 is 0 Å². The van der Waals surface area contributed by atoms with Crippen molar-refractivity contribution in [1.82, 2.24) is 10.2 Å². The van der Waals surface area contributed by atoms with Crippen LogP contribution in [-0.2, 0) is 4.79 Å². The van der Waals surface area contributed by atoms with Crippen LogP contribution in [0.4, 0.5) is 0 Å². The number of amides is 1. The third-order valence-corrected chi connectivity index (χ3v) is 4.67. The van der Waals surface area contributed by atoms with Gasteiger partial charge < -0.3 is 10.2 Å². The predicted molar refractivity (Wildman–Crippen MR) is 74.5 cm³/mol. The van der Waals surface area contributed by atoms with Gasteiger partial charge in [0.25, 0.3) is 0 Å². The molecule has 3 heteroatoms. The van der Waals surface area contributed by atoms with Gasteiger partial charge in [0, 0.05) is 19.5 Å². The topological polar surface area (TPSA) is 32.3 Å². The summed E-state index contributed by atoms with van der Waals surface area (Å²) in [5.41, 5.74) is 0. The van der Waals surface area contributed by atoms with Crippen LogP contribution in [0, 0.1) is 5.92 Å². The first-order valence-electron chi connectivity index (χ1n) is 7.74. The summed E-state index contributed by atoms with van der Waals surface area (Å²) in [6.07, 6.45) is 10.8. The van der Waals surface area contributed by atoms with E-state index in [2.05, 4.69) is 5.32 Å². The Morgan fingerprint density at radius 1 is 1.06 bits per heavy atom. The molecule has 0 aromatic carbocycles. The average molecular weight is 252 g/mol. The van der Waals surface area contributed by atoms with E-state index in [-0.39, 0.29) is 0 Å². The Bertz CT molecular complexity index is 253. The van der Waals surface area contributed by atoms with E-state index in [0.29, 0.717) is 17.9 Å². The van der Waals surface area contributed by atoms with E-state index in [1.54, 1.807) is 0 Å². The van der Waals surface area contributed by atoms with Gasteiger partial charge in [-0.1, -0.05) is 19.3 Å². The van der Waals surface area contributed by atoms with Crippen LogP contribution in [0.5, 0.6) is 0 Å². The molecular formula is C15H28N2O. The molecule has 1 N–H and O–H groups in total. The molecule has 1 aliphatic carbocycles. The van der Waals surface area contributed by atoms with E-state index in [4.69, 9.17) is 0 Å². The minimum atomic E-state index is 0.383. The molecule has 3 nitrogen and oxygen atoms in total. The minimum absolute atomic E-state index is 0.383. The number of nitrogens with zero attached hydrogens (tertiary/aromatic N) is 1. The zero-order valence-electron chi connectivity index (χ0n) is 11.8. The third-order valence-electron chi connectivity index (χ3n) is 4.67. The molecule has 0 bridgehead atoms. The van der Waals surface area contributed by atoms with Crippen molar-refractivity contribution in [3.05, 3.63) is 0 Å². The molecule has 0 spiro atoms. The molecule has 1 aliphatic heterocycles. The van der Waals surface area contributed by atoms with Gasteiger partial charge in [-0.2, -0.15) is 0 Å². The molecule has 0 aromatic rings. The SMILES string of the molecule is CN(C(=O)CC1CCCCC1)C1CCCNCC1. The fourth-order valence-corrected chi connectivity index (χ4v) is 3.37. The number of rotatable bonds is 3. The lowest BCUT2D eigenvalue weighted by atomic mass is 9.86. The van der Waals surface area contributed by atoms with Crippen molar-refractivity contribution in [2.45, 2.75) is 63.8 Å². The molecule has 1 unspecified atom stereocenters. The van der Waals surface area contributed by atoms with E-state index in [1.807, 2.05) is 11.9 Å². The molecule has 0 radical (unpaired) electrons. The highest BCUT2D eigenvalue weighted by Crippen LogP contribution is 2.27. The van der Waals surface area contributed by atoms with Crippen LogP contribution in [0.25, 0.3) is 0 Å². The fraction of sp³-hybridized carbons (Fsp3) is 0.933. The van der Waals surface area contributed by atoms with Gasteiger partial charge in [0.05, 0.1) is 0 Å². The Hall–Kier alpha value is -0.570. The minimum Gasteiger partial charge on any atom is -0.343 e. The summed E-state index contributed by atoms with van der Waals surface area (Å²) in [6.45, 7) is 2.17. The van der Waals surface area contributed by atoms with Crippen molar-refractivity contribution in [2.75, 3.05) is 20.1 Å². The highest BCUT2D eigenvalue weighted by Gasteiger charge is 2.24. The molecule has 1 amide bonds. The Morgan fingerprint density at radius 2 is 1.83 bits per heavy atom. The maximum absolute atomic E-state index is 12.3. The van der Waals surface area contributed by atoms with Crippen molar-refractivity contribution in [1.29, 1.82) is 0 Å². The highest BCUT2D eigenvalue weighted by molar-refractivity contribution is 5.76. The van der Waals surface area contributed by atoms with Gasteiger partial charge in [-0.3, -0.25) is 4.79 Å². The summed E-state index contributed by atoms with van der Waals surface area (Å²) in [5, 5.41) is 3.41. The molecule has 1 atom stereocenters. The Balaban J connectivity index is 1.79. The standard InChI is InChI=1S/C15H28N2O/c1-17(14-8-5-10-16-11-9-14)15(18)12-13-6-3-2-4-7-13/h13-14,16H,2-12H2,1H3. The van der Waals surface area contributed by atoms with Crippen LogP contribution in [0.2, 0.25) is 0 Å². The van der Waals surface area contributed by atoms with Gasteiger partial charge >= 0.3 is 0 Å². The van der Waals surface area contributed by atoms with Crippen LogP contribution in [0.3, 0.4) is 0 Å². The third kappa shape index (κ3) is 3.98. The lowest BCUT2D eigenvalue weighted by Crippen LogP contribution is -2.38. The number of hydrogen-bond acceptors (Lipinski definition) is 2. The second kappa shape index (κ2) is 7.13. The molecule has 104 valence electrons. The average Bonchev–Trinajstić information content (AvgIpc) is 2.68. The summed E-state index contributed by atoms with van der Waals surface area (Å²) < 4.78 is 0. The maximum Gasteiger partial charge on any atom is 0.222 e. The van der Waals surface area contributed by atoms with Crippen LogP contribution >= 0.6 is 0 Å². The number of hydrogen-bond donors (Lipinski definition) is 1. The van der Waals surface area contributed by atoms with Crippen molar-refractivity contribution in [3.8, 4) is 0 Å². The zero-order valence-corrected chi connectivity index (χ0v) is 11.8. The summed E-state index contributed by atoms with van der Waals surface area (Å²) in [7, 11) is 2.02. The number of carbonyl (C=O) groups excluding carboxylic acids is 1. The van der Waals surface area contributed by atoms with Crippen molar-refractivity contribution >= 4 is 5.91 Å². The monoisotopic (exact) mass is 252 g/mol. The fourth-order valence-electron chi connectivity index (χ4n) is 3.37. The van der Waals surface area contributed by atoms with E-state index >= 15 is 0 Å². The summed E-state index contributed by atoms with van der Waals surface area (Å²) >= 11 is 0. The van der Waals surface area contributed by atoms with Gasteiger partial charge in [0.15, 0.2) is 0 Å². The van der Waals surface area contributed by atoms with Gasteiger partial charge in [-0.05, 0) is 51.1 Å². The molecule has 0 aromatic heterocycles. The van der Waals surface area contributed by atoms with Gasteiger partial charge in [0.1, 0.15) is 0 Å². The van der Waals surface area contributed by atoms with Crippen LogP contribution in [0.1, 0.15) is 57.8 Å². The molecule has 1 saturated carbocycles. The van der Waals surface area contributed by atoms with Gasteiger partial charge in [-0.15, -0.1) is 0 Å². The molecule has 2 fully saturated rings. The number of carbonyl (C=O) groups is 1. The first kappa shape index (κ1) is 13.9. The zero-order chi connectivity index (χ0) is 12.8. The quantitative estimate of drug-likeness (QED) is 0.837. The largest absolute Gasteiger partial charge is 0.343 e. The predicted octanol–water partition coefficient (Wildman–Crippen LogP) is 2.56. The first-order valence-corrected chi connectivity index (χ1v) is 7.74. The van der Waals surface area contributed by atoms with Crippen molar-refractivity contribution in [3.63, 3.8) is 0 Å². The lowest BCUT2D eigenvalue weighted by Gasteiger charge is -2.29. The van der Waals surface area contributed by atoms with Crippen molar-refractivity contribution in [2.24, 2.45) is 5.92 Å². The Kier molecular flexibility index (Phi) is 5.48. The molecule has 2 aliphatic rings. The van der Waals surface area contributed by atoms with Crippen molar-refractivity contribution < 1.29 is 4.79 Å². The molecule has 1 saturated heterocycles. The second-order valence-electron chi connectivity index (χ2n) is 6.05. The molecule has 1 heterocycles. The highest BCUT2D eigenvalue weighted by atomic mass is 16.2. The normalized spacial score (nSPS) is 26.6. The summed E-state index contributed by atoms with van der Waals surface area (Å²) in [6, 6.07) is 0.469.